The molecule has 2 amide bonds. The first-order valence-electron chi connectivity index (χ1n) is 18.1. The van der Waals surface area contributed by atoms with Crippen LogP contribution in [0.4, 0.5) is 0 Å². The van der Waals surface area contributed by atoms with Gasteiger partial charge in [0.15, 0.2) is 0 Å². The summed E-state index contributed by atoms with van der Waals surface area (Å²) in [5, 5.41) is 15.6. The molecule has 50 heavy (non-hydrogen) atoms. The summed E-state index contributed by atoms with van der Waals surface area (Å²) in [6, 6.07) is 11.6. The van der Waals surface area contributed by atoms with Crippen LogP contribution < -0.4 is 14.8 Å². The summed E-state index contributed by atoms with van der Waals surface area (Å²) >= 11 is 0. The normalized spacial score (nSPS) is 27.9. The number of aromatic nitrogens is 1. The Kier molecular flexibility index (Phi) is 8.47. The van der Waals surface area contributed by atoms with Crippen LogP contribution in [-0.4, -0.2) is 67.1 Å². The van der Waals surface area contributed by atoms with Gasteiger partial charge in [0.1, 0.15) is 5.75 Å². The molecule has 3 N–H and O–H groups in total. The Hall–Kier alpha value is -3.41. The van der Waals surface area contributed by atoms with Crippen LogP contribution >= 0.6 is 0 Å². The van der Waals surface area contributed by atoms with Crippen molar-refractivity contribution in [2.75, 3.05) is 21.2 Å². The molecule has 2 heterocycles. The van der Waals surface area contributed by atoms with E-state index in [9.17, 15) is 23.1 Å². The number of aliphatic hydroxyl groups is 1. The second-order valence-electron chi connectivity index (χ2n) is 16.4. The van der Waals surface area contributed by atoms with Crippen molar-refractivity contribution < 1.29 is 27.9 Å². The van der Waals surface area contributed by atoms with Gasteiger partial charge in [0.25, 0.3) is 5.91 Å². The topological polar surface area (TPSA) is 130 Å². The number of hydrogen-bond acceptors (Lipinski definition) is 6. The Morgan fingerprint density at radius 2 is 1.76 bits per heavy atom. The van der Waals surface area contributed by atoms with Gasteiger partial charge in [-0.25, -0.2) is 4.72 Å². The first-order valence-corrected chi connectivity index (χ1v) is 19.6. The summed E-state index contributed by atoms with van der Waals surface area (Å²) < 4.78 is 36.3. The lowest BCUT2D eigenvalue weighted by molar-refractivity contribution is -0.128. The molecule has 0 bridgehead atoms. The summed E-state index contributed by atoms with van der Waals surface area (Å²) in [4.78, 5) is 28.1. The maximum atomic E-state index is 14.7. The van der Waals surface area contributed by atoms with Crippen LogP contribution in [0.3, 0.4) is 0 Å². The number of benzene rings is 2. The third-order valence-corrected chi connectivity index (χ3v) is 14.6. The number of hydrogen-bond donors (Lipinski definition) is 3. The Labute approximate surface area is 296 Å². The number of methoxy groups -OCH3 is 1. The maximum absolute atomic E-state index is 14.7. The quantitative estimate of drug-likeness (QED) is 0.261. The molecule has 10 nitrogen and oxygen atoms in total. The zero-order valence-corrected chi connectivity index (χ0v) is 31.2. The molecule has 3 fully saturated rings. The van der Waals surface area contributed by atoms with Crippen molar-refractivity contribution in [2.24, 2.45) is 16.7 Å². The number of fused-ring (bicyclic) bond motifs is 7. The van der Waals surface area contributed by atoms with Crippen LogP contribution in [0.2, 0.25) is 0 Å². The third-order valence-electron chi connectivity index (χ3n) is 13.2. The molecule has 0 radical (unpaired) electrons. The van der Waals surface area contributed by atoms with Gasteiger partial charge in [0.05, 0.1) is 23.8 Å². The second-order valence-corrected chi connectivity index (χ2v) is 18.3. The first-order chi connectivity index (χ1) is 23.5. The van der Waals surface area contributed by atoms with Gasteiger partial charge in [0, 0.05) is 54.6 Å². The minimum atomic E-state index is -3.99. The van der Waals surface area contributed by atoms with Crippen LogP contribution in [0.5, 0.6) is 5.75 Å². The predicted molar refractivity (Wildman–Crippen MR) is 194 cm³/mol. The largest absolute Gasteiger partial charge is 0.497 e. The summed E-state index contributed by atoms with van der Waals surface area (Å²) in [7, 11) is 0.428. The molecule has 3 unspecified atom stereocenters. The van der Waals surface area contributed by atoms with E-state index in [2.05, 4.69) is 47.5 Å². The molecule has 3 saturated carbocycles. The molecule has 3 aromatic rings. The second kappa shape index (κ2) is 12.1. The lowest BCUT2D eigenvalue weighted by Crippen LogP contribution is -2.49. The Morgan fingerprint density at radius 1 is 1.04 bits per heavy atom. The highest BCUT2D eigenvalue weighted by atomic mass is 32.2. The number of carbonyl (C=O) groups is 2. The number of nitrogens with zero attached hydrogens (tertiary/aromatic N) is 2. The smallest absolute Gasteiger partial charge is 0.303 e. The highest BCUT2D eigenvalue weighted by molar-refractivity contribution is 7.87. The monoisotopic (exact) mass is 704 g/mol. The first kappa shape index (κ1) is 35.0. The summed E-state index contributed by atoms with van der Waals surface area (Å²) in [5.74, 6) is 0.473. The van der Waals surface area contributed by atoms with E-state index < -0.39 is 27.1 Å². The standard InChI is InChI=1S/C39H52N4O6S/c1-23(30-17-18-38(4,46)37(30,2)3)40-36(45)39-21-31(39)29-20-26(49-7)14-16-27(29)34-33(24-11-9-8-10-12-24)28-15-13-25(19-32(28)43(34)22-39)35(44)41-50(47,48)42(5)6/h13-16,19-20,23-24,30-31,46H,8-12,17-18,21-22H2,1-7H3,(H,40,45)(H,41,44)/t23-,30?,31?,38?,39+/m0/s1. The Balaban J connectivity index is 1.37. The summed E-state index contributed by atoms with van der Waals surface area (Å²) in [6.07, 6.45) is 7.83. The van der Waals surface area contributed by atoms with Crippen LogP contribution in [0, 0.1) is 16.7 Å². The SMILES string of the molecule is COc1ccc2c(c1)C1C[C@@]1(C(=O)N[C@@H](C)C1CCC(C)(O)C1(C)C)Cn1c-2c(C2CCCCC2)c2ccc(C(=O)NS(=O)(=O)N(C)C)cc21. The maximum Gasteiger partial charge on any atom is 0.303 e. The van der Waals surface area contributed by atoms with Crippen LogP contribution in [0.15, 0.2) is 36.4 Å². The van der Waals surface area contributed by atoms with Crippen molar-refractivity contribution in [1.82, 2.24) is 18.9 Å². The number of ether oxygens (including phenoxy) is 1. The van der Waals surface area contributed by atoms with Gasteiger partial charge in [-0.1, -0.05) is 39.2 Å². The van der Waals surface area contributed by atoms with Gasteiger partial charge in [-0.05, 0) is 105 Å². The molecule has 0 saturated heterocycles. The molecule has 0 spiro atoms. The highest BCUT2D eigenvalue weighted by Crippen LogP contribution is 2.66. The fraction of sp³-hybridized carbons (Fsp3) is 0.590. The van der Waals surface area contributed by atoms with Gasteiger partial charge in [0.2, 0.25) is 5.91 Å². The predicted octanol–water partition coefficient (Wildman–Crippen LogP) is 6.08. The Morgan fingerprint density at radius 3 is 2.40 bits per heavy atom. The molecule has 270 valence electrons. The number of carbonyl (C=O) groups excluding carboxylic acids is 2. The van der Waals surface area contributed by atoms with Gasteiger partial charge in [-0.15, -0.1) is 0 Å². The molecular formula is C39H52N4O6S. The zero-order valence-electron chi connectivity index (χ0n) is 30.4. The highest BCUT2D eigenvalue weighted by Gasteiger charge is 2.63. The average molecular weight is 705 g/mol. The lowest BCUT2D eigenvalue weighted by Gasteiger charge is -2.40. The molecule has 1 aliphatic heterocycles. The molecule has 1 aromatic heterocycles. The van der Waals surface area contributed by atoms with Crippen molar-refractivity contribution >= 4 is 32.9 Å². The van der Waals surface area contributed by atoms with Gasteiger partial charge < -0.3 is 19.7 Å². The van der Waals surface area contributed by atoms with E-state index >= 15 is 0 Å². The van der Waals surface area contributed by atoms with Crippen molar-refractivity contribution in [3.63, 3.8) is 0 Å². The van der Waals surface area contributed by atoms with E-state index in [-0.39, 0.29) is 34.8 Å². The van der Waals surface area contributed by atoms with Gasteiger partial charge >= 0.3 is 10.2 Å². The van der Waals surface area contributed by atoms with Crippen LogP contribution in [0.1, 0.15) is 112 Å². The van der Waals surface area contributed by atoms with Crippen LogP contribution in [0.25, 0.3) is 22.2 Å². The fourth-order valence-corrected chi connectivity index (χ4v) is 10.1. The van der Waals surface area contributed by atoms with Crippen LogP contribution in [-0.2, 0) is 21.5 Å². The van der Waals surface area contributed by atoms with Crippen molar-refractivity contribution in [3.8, 4) is 17.0 Å². The van der Waals surface area contributed by atoms with Crippen molar-refractivity contribution in [1.29, 1.82) is 0 Å². The van der Waals surface area contributed by atoms with E-state index in [0.29, 0.717) is 25.3 Å². The number of nitrogens with one attached hydrogen (secondary N) is 2. The summed E-state index contributed by atoms with van der Waals surface area (Å²) in [6.45, 7) is 8.60. The van der Waals surface area contributed by atoms with E-state index in [1.807, 2.05) is 19.1 Å². The zero-order chi connectivity index (χ0) is 36.0. The summed E-state index contributed by atoms with van der Waals surface area (Å²) in [5.41, 5.74) is 3.70. The molecule has 7 rings (SSSR count). The molecule has 5 atom stereocenters. The fourth-order valence-electron chi connectivity index (χ4n) is 9.55. The van der Waals surface area contributed by atoms with E-state index in [1.165, 1.54) is 26.1 Å². The third kappa shape index (κ3) is 5.46. The van der Waals surface area contributed by atoms with E-state index in [4.69, 9.17) is 4.74 Å². The van der Waals surface area contributed by atoms with E-state index in [0.717, 1.165) is 69.9 Å². The van der Waals surface area contributed by atoms with Crippen molar-refractivity contribution in [2.45, 2.75) is 109 Å². The lowest BCUT2D eigenvalue weighted by atomic mass is 9.71. The molecular weight excluding hydrogens is 653 g/mol. The van der Waals surface area contributed by atoms with Crippen molar-refractivity contribution in [3.05, 3.63) is 53.1 Å². The number of amides is 2. The minimum absolute atomic E-state index is 0.00556. The Bertz CT molecular complexity index is 1970. The number of rotatable bonds is 8. The molecule has 11 heteroatoms. The molecule has 2 aromatic carbocycles. The molecule has 3 aliphatic carbocycles. The minimum Gasteiger partial charge on any atom is -0.497 e. The van der Waals surface area contributed by atoms with Gasteiger partial charge in [-0.2, -0.15) is 12.7 Å². The van der Waals surface area contributed by atoms with Gasteiger partial charge in [-0.3, -0.25) is 9.59 Å². The molecule has 4 aliphatic rings. The van der Waals surface area contributed by atoms with E-state index in [1.54, 1.807) is 19.2 Å². The average Bonchev–Trinajstić information content (AvgIpc) is 3.68.